The van der Waals surface area contributed by atoms with E-state index in [1.54, 1.807) is 28.6 Å². The minimum Gasteiger partial charge on any atom is -0.356 e. The fourth-order valence-corrected chi connectivity index (χ4v) is 4.46. The van der Waals surface area contributed by atoms with Crippen molar-refractivity contribution in [1.29, 1.82) is 0 Å². The van der Waals surface area contributed by atoms with Crippen LogP contribution in [0.3, 0.4) is 0 Å². The van der Waals surface area contributed by atoms with Gasteiger partial charge in [0.25, 0.3) is 0 Å². The average Bonchev–Trinajstić information content (AvgIpc) is 3.26. The Balaban J connectivity index is 1.61. The Morgan fingerprint density at radius 3 is 2.70 bits per heavy atom. The lowest BCUT2D eigenvalue weighted by Crippen LogP contribution is -2.42. The summed E-state index contributed by atoms with van der Waals surface area (Å²) in [5.74, 6) is 0.884. The zero-order chi connectivity index (χ0) is 20.8. The minimum absolute atomic E-state index is 0.0766. The number of aromatic amines is 1. The summed E-state index contributed by atoms with van der Waals surface area (Å²) in [7, 11) is 0. The lowest BCUT2D eigenvalue weighted by Gasteiger charge is -2.36. The number of amides is 1. The highest BCUT2D eigenvalue weighted by molar-refractivity contribution is 5.86. The summed E-state index contributed by atoms with van der Waals surface area (Å²) in [5.41, 5.74) is 3.52. The molecule has 1 N–H and O–H groups in total. The molecule has 0 saturated heterocycles. The van der Waals surface area contributed by atoms with Gasteiger partial charge in [0.2, 0.25) is 5.91 Å². The van der Waals surface area contributed by atoms with Gasteiger partial charge in [0.05, 0.1) is 0 Å². The number of nitrogens with one attached hydrogen (secondary N) is 1. The molecular weight excluding hydrogens is 381 g/mol. The Labute approximate surface area is 173 Å². The summed E-state index contributed by atoms with van der Waals surface area (Å²) in [6.45, 7) is 4.22. The van der Waals surface area contributed by atoms with Gasteiger partial charge >= 0.3 is 0 Å². The maximum absolute atomic E-state index is 14.9. The quantitative estimate of drug-likeness (QED) is 0.567. The number of rotatable bonds is 3. The molecule has 1 atom stereocenters. The maximum Gasteiger partial charge on any atom is 0.245 e. The molecule has 0 radical (unpaired) electrons. The molecule has 2 aromatic carbocycles. The first-order valence-corrected chi connectivity index (χ1v) is 10.0. The van der Waals surface area contributed by atoms with E-state index in [2.05, 4.69) is 21.1 Å². The van der Waals surface area contributed by atoms with Gasteiger partial charge in [-0.2, -0.15) is 5.10 Å². The van der Waals surface area contributed by atoms with Gasteiger partial charge in [0.1, 0.15) is 30.1 Å². The number of benzene rings is 2. The predicted molar refractivity (Wildman–Crippen MR) is 111 cm³/mol. The summed E-state index contributed by atoms with van der Waals surface area (Å²) in [5, 5.41) is 5.44. The van der Waals surface area contributed by atoms with Crippen molar-refractivity contribution in [2.24, 2.45) is 0 Å². The van der Waals surface area contributed by atoms with E-state index < -0.39 is 6.04 Å². The van der Waals surface area contributed by atoms with Crippen molar-refractivity contribution in [3.8, 4) is 0 Å². The average molecular weight is 403 g/mol. The fraction of sp³-hybridized carbons (Fsp3) is 0.261. The lowest BCUT2D eigenvalue weighted by atomic mass is 9.92. The molecule has 152 valence electrons. The van der Waals surface area contributed by atoms with Gasteiger partial charge in [-0.05, 0) is 38.0 Å². The highest BCUT2D eigenvalue weighted by atomic mass is 19.1. The molecule has 1 amide bonds. The van der Waals surface area contributed by atoms with E-state index in [4.69, 9.17) is 0 Å². The third kappa shape index (κ3) is 2.98. The Kier molecular flexibility index (Phi) is 4.38. The van der Waals surface area contributed by atoms with Gasteiger partial charge in [-0.25, -0.2) is 14.1 Å². The first-order chi connectivity index (χ1) is 14.5. The number of aromatic nitrogens is 4. The Bertz CT molecular complexity index is 1260. The van der Waals surface area contributed by atoms with E-state index in [1.165, 1.54) is 6.07 Å². The van der Waals surface area contributed by atoms with Crippen molar-refractivity contribution in [2.45, 2.75) is 32.9 Å². The summed E-state index contributed by atoms with van der Waals surface area (Å²) < 4.78 is 16.5. The van der Waals surface area contributed by atoms with E-state index >= 15 is 0 Å². The molecule has 1 aliphatic rings. The monoisotopic (exact) mass is 403 g/mol. The largest absolute Gasteiger partial charge is 0.356 e. The van der Waals surface area contributed by atoms with Gasteiger partial charge < -0.3 is 9.88 Å². The smallest absolute Gasteiger partial charge is 0.245 e. The van der Waals surface area contributed by atoms with Gasteiger partial charge in [0, 0.05) is 28.7 Å². The van der Waals surface area contributed by atoms with E-state index in [1.807, 2.05) is 31.2 Å². The van der Waals surface area contributed by atoms with Crippen LogP contribution in [0.2, 0.25) is 0 Å². The molecule has 3 heterocycles. The Morgan fingerprint density at radius 2 is 1.93 bits per heavy atom. The standard InChI is InChI=1S/C23H22FN5O/c1-14-25-15(2)29(27-14)13-21(30)28-12-11-17-16-7-4-6-10-20(16)26-22(17)23(28)18-8-3-5-9-19(18)24/h3-10,23,26H,11-13H2,1-2H3/t23-/m1/s1. The topological polar surface area (TPSA) is 66.8 Å². The second kappa shape index (κ2) is 7.09. The predicted octanol–water partition coefficient (Wildman–Crippen LogP) is 3.69. The van der Waals surface area contributed by atoms with Crippen LogP contribution < -0.4 is 0 Å². The zero-order valence-corrected chi connectivity index (χ0v) is 16.9. The van der Waals surface area contributed by atoms with Crippen LogP contribution in [-0.2, 0) is 17.8 Å². The number of carbonyl (C=O) groups is 1. The highest BCUT2D eigenvalue weighted by Gasteiger charge is 2.36. The van der Waals surface area contributed by atoms with Gasteiger partial charge in [0.15, 0.2) is 0 Å². The van der Waals surface area contributed by atoms with Crippen LogP contribution in [0.4, 0.5) is 4.39 Å². The number of halogens is 1. The molecule has 0 fully saturated rings. The fourth-order valence-electron chi connectivity index (χ4n) is 4.46. The second-order valence-electron chi connectivity index (χ2n) is 7.69. The molecule has 0 bridgehead atoms. The van der Waals surface area contributed by atoms with Gasteiger partial charge in [-0.3, -0.25) is 4.79 Å². The van der Waals surface area contributed by atoms with E-state index in [0.29, 0.717) is 30.2 Å². The summed E-state index contributed by atoms with van der Waals surface area (Å²) in [4.78, 5) is 22.8. The van der Waals surface area contributed by atoms with Crippen LogP contribution in [0.25, 0.3) is 10.9 Å². The molecule has 0 aliphatic carbocycles. The van der Waals surface area contributed by atoms with Crippen LogP contribution in [0.5, 0.6) is 0 Å². The molecule has 2 aromatic heterocycles. The maximum atomic E-state index is 14.9. The van der Waals surface area contributed by atoms with Crippen molar-refractivity contribution >= 4 is 16.8 Å². The number of hydrogen-bond acceptors (Lipinski definition) is 3. The van der Waals surface area contributed by atoms with Crippen LogP contribution in [0.1, 0.15) is 34.5 Å². The van der Waals surface area contributed by atoms with Crippen molar-refractivity contribution in [3.63, 3.8) is 0 Å². The minimum atomic E-state index is -0.514. The molecular formula is C23H22FN5O. The Morgan fingerprint density at radius 1 is 1.17 bits per heavy atom. The summed E-state index contributed by atoms with van der Waals surface area (Å²) in [6, 6.07) is 14.2. The van der Waals surface area contributed by atoms with Crippen LogP contribution in [0, 0.1) is 19.7 Å². The third-order valence-electron chi connectivity index (χ3n) is 5.80. The van der Waals surface area contributed by atoms with Crippen LogP contribution in [0.15, 0.2) is 48.5 Å². The molecule has 7 heteroatoms. The van der Waals surface area contributed by atoms with Crippen molar-refractivity contribution in [3.05, 3.63) is 82.8 Å². The second-order valence-corrected chi connectivity index (χ2v) is 7.69. The normalized spacial score (nSPS) is 16.1. The number of para-hydroxylation sites is 1. The molecule has 0 spiro atoms. The van der Waals surface area contributed by atoms with E-state index in [-0.39, 0.29) is 18.3 Å². The lowest BCUT2D eigenvalue weighted by molar-refractivity contribution is -0.134. The first-order valence-electron chi connectivity index (χ1n) is 10.0. The van der Waals surface area contributed by atoms with Gasteiger partial charge in [-0.1, -0.05) is 36.4 Å². The summed E-state index contributed by atoms with van der Waals surface area (Å²) in [6.07, 6.45) is 0.714. The number of hydrogen-bond donors (Lipinski definition) is 1. The van der Waals surface area contributed by atoms with Crippen molar-refractivity contribution in [2.75, 3.05) is 6.54 Å². The number of carbonyl (C=O) groups excluding carboxylic acids is 1. The third-order valence-corrected chi connectivity index (χ3v) is 5.80. The van der Waals surface area contributed by atoms with E-state index in [9.17, 15) is 9.18 Å². The number of H-pyrrole nitrogens is 1. The molecule has 0 saturated carbocycles. The van der Waals surface area contributed by atoms with Crippen LogP contribution >= 0.6 is 0 Å². The molecule has 5 rings (SSSR count). The SMILES string of the molecule is Cc1nc(C)n(CC(=O)N2CCc3c([nH]c4ccccc34)[C@H]2c2ccccc2F)n1. The number of aryl methyl sites for hydroxylation is 2. The van der Waals surface area contributed by atoms with Crippen LogP contribution in [-0.4, -0.2) is 37.1 Å². The molecule has 4 aromatic rings. The van der Waals surface area contributed by atoms with Crippen molar-refractivity contribution in [1.82, 2.24) is 24.6 Å². The number of nitrogens with zero attached hydrogens (tertiary/aromatic N) is 4. The Hall–Kier alpha value is -3.48. The summed E-state index contributed by atoms with van der Waals surface area (Å²) >= 11 is 0. The van der Waals surface area contributed by atoms with Gasteiger partial charge in [-0.15, -0.1) is 0 Å². The molecule has 1 aliphatic heterocycles. The zero-order valence-electron chi connectivity index (χ0n) is 16.9. The van der Waals surface area contributed by atoms with E-state index in [0.717, 1.165) is 22.2 Å². The van der Waals surface area contributed by atoms with Crippen molar-refractivity contribution < 1.29 is 9.18 Å². The molecule has 30 heavy (non-hydrogen) atoms. The molecule has 0 unspecified atom stereocenters. The molecule has 6 nitrogen and oxygen atoms in total. The highest BCUT2D eigenvalue weighted by Crippen LogP contribution is 2.39. The number of fused-ring (bicyclic) bond motifs is 3. The first kappa shape index (κ1) is 18.5.